The third-order valence-corrected chi connectivity index (χ3v) is 2.46. The SMILES string of the molecule is OC[C@@H](c1ccccc1)[n+]1ccccc1. The van der Waals surface area contributed by atoms with Crippen LogP contribution in [0.2, 0.25) is 0 Å². The maximum atomic E-state index is 9.41. The minimum absolute atomic E-state index is 0.00685. The number of aliphatic hydroxyl groups excluding tert-OH is 1. The predicted molar refractivity (Wildman–Crippen MR) is 58.3 cm³/mol. The van der Waals surface area contributed by atoms with Crippen molar-refractivity contribution in [2.24, 2.45) is 0 Å². The summed E-state index contributed by atoms with van der Waals surface area (Å²) in [4.78, 5) is 0. The van der Waals surface area contributed by atoms with Crippen molar-refractivity contribution in [1.82, 2.24) is 0 Å². The Morgan fingerprint density at radius 3 is 2.13 bits per heavy atom. The molecule has 1 aromatic heterocycles. The monoisotopic (exact) mass is 200 g/mol. The second-order valence-corrected chi connectivity index (χ2v) is 3.43. The van der Waals surface area contributed by atoms with Crippen molar-refractivity contribution < 1.29 is 9.67 Å². The van der Waals surface area contributed by atoms with Gasteiger partial charge in [-0.25, -0.2) is 0 Å². The highest BCUT2D eigenvalue weighted by Crippen LogP contribution is 2.10. The first-order valence-electron chi connectivity index (χ1n) is 5.03. The number of rotatable bonds is 3. The normalized spacial score (nSPS) is 12.3. The van der Waals surface area contributed by atoms with E-state index in [0.717, 1.165) is 5.56 Å². The van der Waals surface area contributed by atoms with Gasteiger partial charge in [-0.3, -0.25) is 0 Å². The molecule has 0 amide bonds. The lowest BCUT2D eigenvalue weighted by Gasteiger charge is -2.09. The van der Waals surface area contributed by atoms with Gasteiger partial charge in [0.05, 0.1) is 0 Å². The lowest BCUT2D eigenvalue weighted by molar-refractivity contribution is -0.715. The fourth-order valence-electron chi connectivity index (χ4n) is 1.67. The molecule has 0 unspecified atom stereocenters. The van der Waals surface area contributed by atoms with Crippen molar-refractivity contribution in [3.05, 3.63) is 66.5 Å². The molecular weight excluding hydrogens is 186 g/mol. The van der Waals surface area contributed by atoms with Gasteiger partial charge in [-0.15, -0.1) is 0 Å². The second-order valence-electron chi connectivity index (χ2n) is 3.43. The minimum atomic E-state index is 0.00685. The van der Waals surface area contributed by atoms with Gasteiger partial charge in [-0.05, 0) is 0 Å². The molecule has 2 aromatic rings. The first-order chi connectivity index (χ1) is 7.42. The number of pyridine rings is 1. The predicted octanol–water partition coefficient (Wildman–Crippen LogP) is 1.56. The van der Waals surface area contributed by atoms with Crippen molar-refractivity contribution in [2.75, 3.05) is 6.61 Å². The fraction of sp³-hybridized carbons (Fsp3) is 0.154. The van der Waals surface area contributed by atoms with E-state index in [1.807, 2.05) is 65.5 Å². The Hall–Kier alpha value is -1.67. The van der Waals surface area contributed by atoms with Crippen LogP contribution in [0.15, 0.2) is 60.9 Å². The molecule has 76 valence electrons. The van der Waals surface area contributed by atoms with Gasteiger partial charge in [0, 0.05) is 17.7 Å². The van der Waals surface area contributed by atoms with Gasteiger partial charge in [-0.1, -0.05) is 36.4 Å². The summed E-state index contributed by atoms with van der Waals surface area (Å²) >= 11 is 0. The van der Waals surface area contributed by atoms with Gasteiger partial charge >= 0.3 is 0 Å². The van der Waals surface area contributed by atoms with Crippen molar-refractivity contribution in [2.45, 2.75) is 6.04 Å². The van der Waals surface area contributed by atoms with Gasteiger partial charge in [0.25, 0.3) is 0 Å². The van der Waals surface area contributed by atoms with Gasteiger partial charge in [0.1, 0.15) is 6.61 Å². The molecule has 0 spiro atoms. The van der Waals surface area contributed by atoms with Gasteiger partial charge < -0.3 is 5.11 Å². The quantitative estimate of drug-likeness (QED) is 0.747. The lowest BCUT2D eigenvalue weighted by atomic mass is 10.1. The summed E-state index contributed by atoms with van der Waals surface area (Å²) in [5.41, 5.74) is 1.12. The van der Waals surface area contributed by atoms with E-state index in [2.05, 4.69) is 0 Å². The van der Waals surface area contributed by atoms with Crippen LogP contribution in [0.1, 0.15) is 11.6 Å². The van der Waals surface area contributed by atoms with E-state index < -0.39 is 0 Å². The topological polar surface area (TPSA) is 24.1 Å². The van der Waals surface area contributed by atoms with Crippen molar-refractivity contribution in [3.63, 3.8) is 0 Å². The Morgan fingerprint density at radius 2 is 1.53 bits per heavy atom. The van der Waals surface area contributed by atoms with Crippen LogP contribution >= 0.6 is 0 Å². The zero-order chi connectivity index (χ0) is 10.5. The average molecular weight is 200 g/mol. The van der Waals surface area contributed by atoms with Crippen molar-refractivity contribution in [1.29, 1.82) is 0 Å². The first-order valence-corrected chi connectivity index (χ1v) is 5.03. The van der Waals surface area contributed by atoms with Gasteiger partial charge in [-0.2, -0.15) is 4.57 Å². The number of aromatic nitrogens is 1. The molecule has 0 aliphatic rings. The zero-order valence-corrected chi connectivity index (χ0v) is 8.45. The van der Waals surface area contributed by atoms with E-state index in [4.69, 9.17) is 0 Å². The molecule has 0 saturated carbocycles. The maximum absolute atomic E-state index is 9.41. The number of nitrogens with zero attached hydrogens (tertiary/aromatic N) is 1. The summed E-state index contributed by atoms with van der Waals surface area (Å²) in [5, 5.41) is 9.41. The summed E-state index contributed by atoms with van der Waals surface area (Å²) in [6.07, 6.45) is 3.93. The molecule has 0 radical (unpaired) electrons. The van der Waals surface area contributed by atoms with Gasteiger partial charge in [0.2, 0.25) is 6.04 Å². The van der Waals surface area contributed by atoms with Crippen molar-refractivity contribution in [3.8, 4) is 0 Å². The molecule has 1 aromatic carbocycles. The summed E-state index contributed by atoms with van der Waals surface area (Å²) in [5.74, 6) is 0. The third-order valence-electron chi connectivity index (χ3n) is 2.46. The molecule has 0 bridgehead atoms. The van der Waals surface area contributed by atoms with Gasteiger partial charge in [0.15, 0.2) is 12.4 Å². The Labute approximate surface area is 89.4 Å². The Kier molecular flexibility index (Phi) is 3.10. The molecular formula is C13H14NO+. The van der Waals surface area contributed by atoms with Crippen LogP contribution in [0.4, 0.5) is 0 Å². The highest BCUT2D eigenvalue weighted by molar-refractivity contribution is 5.17. The van der Waals surface area contributed by atoms with E-state index >= 15 is 0 Å². The van der Waals surface area contributed by atoms with E-state index in [1.165, 1.54) is 0 Å². The van der Waals surface area contributed by atoms with E-state index in [1.54, 1.807) is 0 Å². The summed E-state index contributed by atoms with van der Waals surface area (Å²) in [7, 11) is 0. The molecule has 0 fully saturated rings. The standard InChI is InChI=1S/C13H14NO/c15-11-13(12-7-3-1-4-8-12)14-9-5-2-6-10-14/h1-10,13,15H,11H2/q+1/t13-/m0/s1. The second kappa shape index (κ2) is 4.71. The Balaban J connectivity index is 2.34. The molecule has 15 heavy (non-hydrogen) atoms. The molecule has 2 heteroatoms. The smallest absolute Gasteiger partial charge is 0.206 e. The van der Waals surface area contributed by atoms with E-state index in [9.17, 15) is 5.11 Å². The Morgan fingerprint density at radius 1 is 0.933 bits per heavy atom. The molecule has 0 aliphatic carbocycles. The maximum Gasteiger partial charge on any atom is 0.206 e. The van der Waals surface area contributed by atoms with Crippen LogP contribution in [-0.4, -0.2) is 11.7 Å². The molecule has 0 aliphatic heterocycles. The highest BCUT2D eigenvalue weighted by atomic mass is 16.3. The first kappa shape index (κ1) is 9.87. The van der Waals surface area contributed by atoms with Crippen LogP contribution < -0.4 is 4.57 Å². The number of hydrogen-bond acceptors (Lipinski definition) is 1. The lowest BCUT2D eigenvalue weighted by Crippen LogP contribution is -2.41. The molecule has 0 saturated heterocycles. The average Bonchev–Trinajstić information content (AvgIpc) is 2.33. The van der Waals surface area contributed by atoms with Crippen LogP contribution in [-0.2, 0) is 0 Å². The van der Waals surface area contributed by atoms with E-state index in [0.29, 0.717) is 0 Å². The number of aliphatic hydroxyl groups is 1. The molecule has 2 rings (SSSR count). The van der Waals surface area contributed by atoms with E-state index in [-0.39, 0.29) is 12.6 Å². The third kappa shape index (κ3) is 2.22. The Bertz CT molecular complexity index is 360. The number of hydrogen-bond donors (Lipinski definition) is 1. The number of benzene rings is 1. The van der Waals surface area contributed by atoms with Crippen molar-refractivity contribution >= 4 is 0 Å². The molecule has 1 heterocycles. The molecule has 1 atom stereocenters. The minimum Gasteiger partial charge on any atom is -0.389 e. The zero-order valence-electron chi connectivity index (χ0n) is 8.45. The molecule has 2 nitrogen and oxygen atoms in total. The van der Waals surface area contributed by atoms with Crippen LogP contribution in [0.25, 0.3) is 0 Å². The summed E-state index contributed by atoms with van der Waals surface area (Å²) < 4.78 is 2.01. The van der Waals surface area contributed by atoms with Crippen LogP contribution in [0.5, 0.6) is 0 Å². The van der Waals surface area contributed by atoms with Crippen LogP contribution in [0.3, 0.4) is 0 Å². The fourth-order valence-corrected chi connectivity index (χ4v) is 1.67. The molecule has 1 N–H and O–H groups in total. The largest absolute Gasteiger partial charge is 0.389 e. The summed E-state index contributed by atoms with van der Waals surface area (Å²) in [6.45, 7) is 0.110. The highest BCUT2D eigenvalue weighted by Gasteiger charge is 2.18. The summed E-state index contributed by atoms with van der Waals surface area (Å²) in [6, 6.07) is 15.9. The van der Waals surface area contributed by atoms with Crippen LogP contribution in [0, 0.1) is 0 Å².